The number of amides is 1. The summed E-state index contributed by atoms with van der Waals surface area (Å²) < 4.78 is 4.99. The maximum Gasteiger partial charge on any atom is 0.350 e. The highest BCUT2D eigenvalue weighted by Crippen LogP contribution is 2.40. The first-order valence-electron chi connectivity index (χ1n) is 6.66. The number of thiophene rings is 1. The Kier molecular flexibility index (Phi) is 4.49. The second kappa shape index (κ2) is 6.13. The molecule has 1 aliphatic heterocycles. The molecule has 1 amide bonds. The van der Waals surface area contributed by atoms with E-state index < -0.39 is 5.97 Å². The lowest BCUT2D eigenvalue weighted by Gasteiger charge is -2.16. The summed E-state index contributed by atoms with van der Waals surface area (Å²) in [5.41, 5.74) is 6.61. The number of hydrogen-bond acceptors (Lipinski definition) is 6. The summed E-state index contributed by atoms with van der Waals surface area (Å²) in [5.74, 6) is -0.734. The van der Waals surface area contributed by atoms with E-state index in [0.717, 1.165) is 30.9 Å². The lowest BCUT2D eigenvalue weighted by atomic mass is 10.2. The van der Waals surface area contributed by atoms with Gasteiger partial charge in [0.25, 0.3) is 5.91 Å². The Hall–Kier alpha value is -1.76. The Balaban J connectivity index is 2.45. The Morgan fingerprint density at radius 2 is 2.05 bits per heavy atom. The normalized spacial score (nSPS) is 14.4. The van der Waals surface area contributed by atoms with E-state index in [1.54, 1.807) is 14.0 Å². The number of nitrogens with zero attached hydrogens (tertiary/aromatic N) is 1. The fourth-order valence-electron chi connectivity index (χ4n) is 2.27. The van der Waals surface area contributed by atoms with Gasteiger partial charge < -0.3 is 20.7 Å². The van der Waals surface area contributed by atoms with Crippen molar-refractivity contribution in [2.75, 3.05) is 37.4 Å². The van der Waals surface area contributed by atoms with Crippen LogP contribution in [-0.2, 0) is 4.74 Å². The van der Waals surface area contributed by atoms with Crippen molar-refractivity contribution in [1.29, 1.82) is 0 Å². The van der Waals surface area contributed by atoms with Gasteiger partial charge in [-0.2, -0.15) is 0 Å². The number of ether oxygens (including phenoxy) is 1. The zero-order chi connectivity index (χ0) is 14.7. The predicted octanol–water partition coefficient (Wildman–Crippen LogP) is 1.47. The van der Waals surface area contributed by atoms with Crippen molar-refractivity contribution < 1.29 is 14.3 Å². The molecule has 0 aliphatic carbocycles. The highest BCUT2D eigenvalue weighted by atomic mass is 32.1. The quantitative estimate of drug-likeness (QED) is 0.822. The second-order valence-corrected chi connectivity index (χ2v) is 5.52. The van der Waals surface area contributed by atoms with Crippen LogP contribution < -0.4 is 16.0 Å². The molecule has 0 aromatic carbocycles. The number of carbonyl (C=O) groups excluding carboxylic acids is 2. The average molecular weight is 297 g/mol. The topological polar surface area (TPSA) is 84.7 Å². The number of rotatable bonds is 4. The second-order valence-electron chi connectivity index (χ2n) is 4.52. The molecule has 0 spiro atoms. The highest BCUT2D eigenvalue weighted by Gasteiger charge is 2.29. The summed E-state index contributed by atoms with van der Waals surface area (Å²) in [6.07, 6.45) is 2.17. The molecule has 2 rings (SSSR count). The number of anilines is 2. The first-order valence-corrected chi connectivity index (χ1v) is 7.48. The minimum atomic E-state index is -0.467. The van der Waals surface area contributed by atoms with Crippen LogP contribution in [0.1, 0.15) is 39.8 Å². The van der Waals surface area contributed by atoms with Crippen molar-refractivity contribution >= 4 is 33.9 Å². The Labute approximate surface area is 121 Å². The summed E-state index contributed by atoms with van der Waals surface area (Å²) in [5, 5.41) is 3.35. The lowest BCUT2D eigenvalue weighted by Crippen LogP contribution is -2.24. The van der Waals surface area contributed by atoms with Gasteiger partial charge in [0.2, 0.25) is 0 Å². The predicted molar refractivity (Wildman–Crippen MR) is 79.5 cm³/mol. The summed E-state index contributed by atoms with van der Waals surface area (Å²) >= 11 is 1.24. The van der Waals surface area contributed by atoms with Gasteiger partial charge in [0.05, 0.1) is 17.9 Å². The molecular formula is C13H19N3O3S. The smallest absolute Gasteiger partial charge is 0.350 e. The zero-order valence-corrected chi connectivity index (χ0v) is 12.5. The first kappa shape index (κ1) is 14.6. The van der Waals surface area contributed by atoms with E-state index in [2.05, 4.69) is 10.2 Å². The van der Waals surface area contributed by atoms with E-state index in [1.165, 1.54) is 11.3 Å². The van der Waals surface area contributed by atoms with Crippen molar-refractivity contribution in [3.05, 3.63) is 10.4 Å². The molecule has 0 atom stereocenters. The number of nitrogen functional groups attached to an aromatic ring is 1. The summed E-state index contributed by atoms with van der Waals surface area (Å²) in [4.78, 5) is 26.4. The Morgan fingerprint density at radius 3 is 2.60 bits per heavy atom. The van der Waals surface area contributed by atoms with Crippen molar-refractivity contribution in [1.82, 2.24) is 5.32 Å². The molecule has 1 saturated heterocycles. The van der Waals surface area contributed by atoms with Gasteiger partial charge in [-0.25, -0.2) is 4.79 Å². The molecule has 2 heterocycles. The van der Waals surface area contributed by atoms with Crippen molar-refractivity contribution in [3.8, 4) is 0 Å². The van der Waals surface area contributed by atoms with Crippen LogP contribution in [0.2, 0.25) is 0 Å². The number of nitrogens with one attached hydrogen (secondary N) is 1. The van der Waals surface area contributed by atoms with Gasteiger partial charge in [-0.05, 0) is 19.8 Å². The summed E-state index contributed by atoms with van der Waals surface area (Å²) in [7, 11) is 1.55. The Bertz CT molecular complexity index is 521. The summed E-state index contributed by atoms with van der Waals surface area (Å²) in [6, 6.07) is 0. The molecule has 0 bridgehead atoms. The lowest BCUT2D eigenvalue weighted by molar-refractivity contribution is 0.0533. The number of hydrogen-bond donors (Lipinski definition) is 2. The van der Waals surface area contributed by atoms with E-state index >= 15 is 0 Å². The molecule has 1 aromatic rings. The van der Waals surface area contributed by atoms with Gasteiger partial charge >= 0.3 is 5.97 Å². The van der Waals surface area contributed by atoms with Gasteiger partial charge in [-0.15, -0.1) is 11.3 Å². The third kappa shape index (κ3) is 2.58. The van der Waals surface area contributed by atoms with E-state index in [1.807, 2.05) is 0 Å². The summed E-state index contributed by atoms with van der Waals surface area (Å²) in [6.45, 7) is 3.78. The van der Waals surface area contributed by atoms with Crippen LogP contribution in [0.3, 0.4) is 0 Å². The van der Waals surface area contributed by atoms with Gasteiger partial charge in [-0.3, -0.25) is 4.79 Å². The van der Waals surface area contributed by atoms with Gasteiger partial charge in [0.1, 0.15) is 9.88 Å². The van der Waals surface area contributed by atoms with E-state index in [4.69, 9.17) is 10.5 Å². The van der Waals surface area contributed by atoms with Crippen molar-refractivity contribution in [2.45, 2.75) is 19.8 Å². The van der Waals surface area contributed by atoms with Crippen molar-refractivity contribution in [3.63, 3.8) is 0 Å². The zero-order valence-electron chi connectivity index (χ0n) is 11.7. The van der Waals surface area contributed by atoms with E-state index in [9.17, 15) is 9.59 Å². The highest BCUT2D eigenvalue weighted by molar-refractivity contribution is 7.19. The molecule has 1 fully saturated rings. The molecule has 3 N–H and O–H groups in total. The van der Waals surface area contributed by atoms with E-state index in [-0.39, 0.29) is 18.2 Å². The van der Waals surface area contributed by atoms with Gasteiger partial charge in [0, 0.05) is 20.1 Å². The molecule has 0 saturated carbocycles. The monoisotopic (exact) mass is 297 g/mol. The van der Waals surface area contributed by atoms with Crippen LogP contribution in [0, 0.1) is 0 Å². The SMILES string of the molecule is CCOC(=O)c1sc(N2CCCC2)c(C(=O)NC)c1N. The maximum atomic E-state index is 12.0. The van der Waals surface area contributed by atoms with E-state index in [0.29, 0.717) is 10.4 Å². The molecule has 110 valence electrons. The van der Waals surface area contributed by atoms with Gasteiger partial charge in [0.15, 0.2) is 0 Å². The first-order chi connectivity index (χ1) is 9.60. The minimum Gasteiger partial charge on any atom is -0.462 e. The van der Waals surface area contributed by atoms with Crippen molar-refractivity contribution in [2.24, 2.45) is 0 Å². The molecule has 7 heteroatoms. The number of esters is 1. The third-order valence-electron chi connectivity index (χ3n) is 3.23. The largest absolute Gasteiger partial charge is 0.462 e. The third-order valence-corrected chi connectivity index (χ3v) is 4.48. The molecule has 6 nitrogen and oxygen atoms in total. The fraction of sp³-hybridized carbons (Fsp3) is 0.538. The average Bonchev–Trinajstić information content (AvgIpc) is 3.05. The minimum absolute atomic E-state index is 0.217. The standard InChI is InChI=1S/C13H19N3O3S/c1-3-19-13(18)10-9(14)8(11(17)15-2)12(20-10)16-6-4-5-7-16/h3-7,14H2,1-2H3,(H,15,17). The molecule has 20 heavy (non-hydrogen) atoms. The molecule has 0 unspecified atom stereocenters. The number of nitrogens with two attached hydrogens (primary N) is 1. The fourth-order valence-corrected chi connectivity index (χ4v) is 3.43. The number of carbonyl (C=O) groups is 2. The van der Waals surface area contributed by atoms with Crippen LogP contribution in [0.4, 0.5) is 10.7 Å². The van der Waals surface area contributed by atoms with Crippen LogP contribution in [0.15, 0.2) is 0 Å². The Morgan fingerprint density at radius 1 is 1.40 bits per heavy atom. The van der Waals surface area contributed by atoms with Gasteiger partial charge in [-0.1, -0.05) is 0 Å². The van der Waals surface area contributed by atoms with Crippen LogP contribution in [-0.4, -0.2) is 38.6 Å². The van der Waals surface area contributed by atoms with Crippen LogP contribution in [0.5, 0.6) is 0 Å². The molecule has 0 radical (unpaired) electrons. The molecule has 1 aromatic heterocycles. The maximum absolute atomic E-state index is 12.0. The molecular weight excluding hydrogens is 278 g/mol. The van der Waals surface area contributed by atoms with Crippen LogP contribution in [0.25, 0.3) is 0 Å². The van der Waals surface area contributed by atoms with Crippen LogP contribution >= 0.6 is 11.3 Å². The molecule has 1 aliphatic rings.